The summed E-state index contributed by atoms with van der Waals surface area (Å²) in [6, 6.07) is 15.2. The fourth-order valence-electron chi connectivity index (χ4n) is 2.58. The molecule has 0 bridgehead atoms. The van der Waals surface area contributed by atoms with Crippen LogP contribution in [0.5, 0.6) is 5.75 Å². The minimum absolute atomic E-state index is 0.139. The molecular formula is C18H18N2O2. The van der Waals surface area contributed by atoms with E-state index in [2.05, 4.69) is 5.32 Å². The highest BCUT2D eigenvalue weighted by Crippen LogP contribution is 2.26. The van der Waals surface area contributed by atoms with Gasteiger partial charge in [-0.25, -0.2) is 0 Å². The number of fused-ring (bicyclic) bond motifs is 1. The SMILES string of the molecule is CCOc1ccccc1NC(=O)c1cccc2ccn(C)c12. The molecule has 0 aliphatic carbocycles. The van der Waals surface area contributed by atoms with Crippen molar-refractivity contribution in [3.05, 3.63) is 60.3 Å². The maximum Gasteiger partial charge on any atom is 0.257 e. The summed E-state index contributed by atoms with van der Waals surface area (Å²) in [6.07, 6.45) is 1.95. The van der Waals surface area contributed by atoms with Gasteiger partial charge >= 0.3 is 0 Å². The molecule has 1 amide bonds. The van der Waals surface area contributed by atoms with E-state index >= 15 is 0 Å². The zero-order valence-corrected chi connectivity index (χ0v) is 12.7. The largest absolute Gasteiger partial charge is 0.492 e. The van der Waals surface area contributed by atoms with E-state index in [4.69, 9.17) is 4.74 Å². The van der Waals surface area contributed by atoms with E-state index in [0.717, 1.165) is 10.9 Å². The van der Waals surface area contributed by atoms with Gasteiger partial charge in [0.2, 0.25) is 0 Å². The van der Waals surface area contributed by atoms with E-state index < -0.39 is 0 Å². The molecule has 22 heavy (non-hydrogen) atoms. The first kappa shape index (κ1) is 14.2. The van der Waals surface area contributed by atoms with Gasteiger partial charge in [-0.3, -0.25) is 4.79 Å². The predicted molar refractivity (Wildman–Crippen MR) is 88.5 cm³/mol. The summed E-state index contributed by atoms with van der Waals surface area (Å²) >= 11 is 0. The van der Waals surface area contributed by atoms with Gasteiger partial charge in [-0.15, -0.1) is 0 Å². The Bertz CT molecular complexity index is 821. The van der Waals surface area contributed by atoms with Crippen LogP contribution in [0.2, 0.25) is 0 Å². The highest BCUT2D eigenvalue weighted by Gasteiger charge is 2.14. The molecule has 1 heterocycles. The first-order chi connectivity index (χ1) is 10.7. The highest BCUT2D eigenvalue weighted by molar-refractivity contribution is 6.12. The fraction of sp³-hybridized carbons (Fsp3) is 0.167. The summed E-state index contributed by atoms with van der Waals surface area (Å²) in [4.78, 5) is 12.7. The third-order valence-electron chi connectivity index (χ3n) is 3.58. The molecule has 0 spiro atoms. The lowest BCUT2D eigenvalue weighted by atomic mass is 10.1. The number of hydrogen-bond donors (Lipinski definition) is 1. The number of nitrogens with zero attached hydrogens (tertiary/aromatic N) is 1. The van der Waals surface area contributed by atoms with Crippen molar-refractivity contribution in [3.63, 3.8) is 0 Å². The van der Waals surface area contributed by atoms with Gasteiger partial charge in [0.25, 0.3) is 5.91 Å². The third-order valence-corrected chi connectivity index (χ3v) is 3.58. The average Bonchev–Trinajstić information content (AvgIpc) is 2.91. The molecule has 112 valence electrons. The van der Waals surface area contributed by atoms with Crippen LogP contribution in [0.1, 0.15) is 17.3 Å². The minimum Gasteiger partial charge on any atom is -0.492 e. The van der Waals surface area contributed by atoms with Crippen molar-refractivity contribution in [2.75, 3.05) is 11.9 Å². The number of ether oxygens (including phenoxy) is 1. The smallest absolute Gasteiger partial charge is 0.257 e. The van der Waals surface area contributed by atoms with Gasteiger partial charge in [0.15, 0.2) is 0 Å². The lowest BCUT2D eigenvalue weighted by molar-refractivity contribution is 0.102. The van der Waals surface area contributed by atoms with E-state index in [1.807, 2.05) is 73.3 Å². The Morgan fingerprint density at radius 3 is 2.77 bits per heavy atom. The maximum atomic E-state index is 12.7. The van der Waals surface area contributed by atoms with Crippen molar-refractivity contribution in [3.8, 4) is 5.75 Å². The molecule has 0 unspecified atom stereocenters. The maximum absolute atomic E-state index is 12.7. The van der Waals surface area contributed by atoms with E-state index in [-0.39, 0.29) is 5.91 Å². The van der Waals surface area contributed by atoms with Crippen LogP contribution in [0.25, 0.3) is 10.9 Å². The average molecular weight is 294 g/mol. The summed E-state index contributed by atoms with van der Waals surface area (Å²) in [5, 5.41) is 3.99. The number of rotatable bonds is 4. The zero-order valence-electron chi connectivity index (χ0n) is 12.7. The number of para-hydroxylation sites is 3. The van der Waals surface area contributed by atoms with Gasteiger partial charge in [-0.05, 0) is 31.2 Å². The number of aryl methyl sites for hydroxylation is 1. The van der Waals surface area contributed by atoms with Crippen LogP contribution in [0.4, 0.5) is 5.69 Å². The monoisotopic (exact) mass is 294 g/mol. The molecule has 0 fully saturated rings. The van der Waals surface area contributed by atoms with Crippen LogP contribution in [0.3, 0.4) is 0 Å². The molecular weight excluding hydrogens is 276 g/mol. The van der Waals surface area contributed by atoms with Crippen LogP contribution in [-0.4, -0.2) is 17.1 Å². The van der Waals surface area contributed by atoms with Crippen molar-refractivity contribution in [2.45, 2.75) is 6.92 Å². The molecule has 1 aromatic heterocycles. The van der Waals surface area contributed by atoms with Gasteiger partial charge in [0, 0.05) is 18.6 Å². The molecule has 3 rings (SSSR count). The number of hydrogen-bond acceptors (Lipinski definition) is 2. The summed E-state index contributed by atoms with van der Waals surface area (Å²) in [5.41, 5.74) is 2.26. The predicted octanol–water partition coefficient (Wildman–Crippen LogP) is 3.83. The first-order valence-electron chi connectivity index (χ1n) is 7.28. The number of carbonyl (C=O) groups excluding carboxylic acids is 1. The van der Waals surface area contributed by atoms with Crippen LogP contribution in [0.15, 0.2) is 54.7 Å². The fourth-order valence-corrected chi connectivity index (χ4v) is 2.58. The second-order valence-electron chi connectivity index (χ2n) is 5.05. The second-order valence-corrected chi connectivity index (χ2v) is 5.05. The molecule has 0 aliphatic heterocycles. The van der Waals surface area contributed by atoms with Gasteiger partial charge in [-0.2, -0.15) is 0 Å². The van der Waals surface area contributed by atoms with Crippen LogP contribution in [-0.2, 0) is 7.05 Å². The van der Waals surface area contributed by atoms with Crippen molar-refractivity contribution in [1.29, 1.82) is 0 Å². The molecule has 0 atom stereocenters. The van der Waals surface area contributed by atoms with Crippen molar-refractivity contribution < 1.29 is 9.53 Å². The number of aromatic nitrogens is 1. The molecule has 0 saturated heterocycles. The molecule has 2 aromatic carbocycles. The number of amides is 1. The third kappa shape index (κ3) is 2.55. The number of anilines is 1. The topological polar surface area (TPSA) is 43.3 Å². The quantitative estimate of drug-likeness (QED) is 0.794. The van der Waals surface area contributed by atoms with Crippen molar-refractivity contribution in [1.82, 2.24) is 4.57 Å². The molecule has 0 aliphatic rings. The standard InChI is InChI=1S/C18H18N2O2/c1-3-22-16-10-5-4-9-15(16)19-18(21)14-8-6-7-13-11-12-20(2)17(13)14/h4-12H,3H2,1-2H3,(H,19,21). The van der Waals surface area contributed by atoms with Crippen LogP contribution >= 0.6 is 0 Å². The molecule has 4 heteroatoms. The number of benzene rings is 2. The Morgan fingerprint density at radius 2 is 1.95 bits per heavy atom. The Balaban J connectivity index is 1.96. The number of carbonyl (C=O) groups is 1. The summed E-state index contributed by atoms with van der Waals surface area (Å²) in [7, 11) is 1.94. The summed E-state index contributed by atoms with van der Waals surface area (Å²) in [6.45, 7) is 2.48. The first-order valence-corrected chi connectivity index (χ1v) is 7.28. The molecule has 4 nitrogen and oxygen atoms in total. The Kier molecular flexibility index (Phi) is 3.83. The van der Waals surface area contributed by atoms with Gasteiger partial charge < -0.3 is 14.6 Å². The number of nitrogens with one attached hydrogen (secondary N) is 1. The molecule has 0 saturated carbocycles. The van der Waals surface area contributed by atoms with Crippen LogP contribution < -0.4 is 10.1 Å². The van der Waals surface area contributed by atoms with Gasteiger partial charge in [0.1, 0.15) is 5.75 Å². The van der Waals surface area contributed by atoms with E-state index in [9.17, 15) is 4.79 Å². The summed E-state index contributed by atoms with van der Waals surface area (Å²) in [5.74, 6) is 0.539. The Hall–Kier alpha value is -2.75. The Labute approximate surface area is 129 Å². The van der Waals surface area contributed by atoms with Crippen molar-refractivity contribution in [2.24, 2.45) is 7.05 Å². The molecule has 0 radical (unpaired) electrons. The lowest BCUT2D eigenvalue weighted by Gasteiger charge is -2.12. The van der Waals surface area contributed by atoms with E-state index in [0.29, 0.717) is 23.6 Å². The molecule has 1 N–H and O–H groups in total. The van der Waals surface area contributed by atoms with E-state index in [1.54, 1.807) is 0 Å². The van der Waals surface area contributed by atoms with Gasteiger partial charge in [-0.1, -0.05) is 24.3 Å². The summed E-state index contributed by atoms with van der Waals surface area (Å²) < 4.78 is 7.51. The second kappa shape index (κ2) is 5.93. The minimum atomic E-state index is -0.139. The molecule has 3 aromatic rings. The highest BCUT2D eigenvalue weighted by atomic mass is 16.5. The van der Waals surface area contributed by atoms with E-state index in [1.165, 1.54) is 0 Å². The van der Waals surface area contributed by atoms with Gasteiger partial charge in [0.05, 0.1) is 23.4 Å². The lowest BCUT2D eigenvalue weighted by Crippen LogP contribution is -2.14. The zero-order chi connectivity index (χ0) is 15.5. The Morgan fingerprint density at radius 1 is 1.14 bits per heavy atom. The van der Waals surface area contributed by atoms with Crippen LogP contribution in [0, 0.1) is 0 Å². The normalized spacial score (nSPS) is 10.6. The van der Waals surface area contributed by atoms with Crippen molar-refractivity contribution >= 4 is 22.5 Å².